The van der Waals surface area contributed by atoms with Crippen molar-refractivity contribution in [3.8, 4) is 0 Å². The molecule has 1 heterocycles. The van der Waals surface area contributed by atoms with E-state index in [1.807, 2.05) is 12.1 Å². The van der Waals surface area contributed by atoms with Gasteiger partial charge in [-0.15, -0.1) is 11.8 Å². The van der Waals surface area contributed by atoms with Crippen molar-refractivity contribution in [1.29, 1.82) is 0 Å². The molecule has 0 spiro atoms. The van der Waals surface area contributed by atoms with Crippen LogP contribution in [0.2, 0.25) is 5.02 Å². The van der Waals surface area contributed by atoms with Crippen LogP contribution in [0.3, 0.4) is 0 Å². The zero-order chi connectivity index (χ0) is 18.4. The number of benzene rings is 1. The van der Waals surface area contributed by atoms with Gasteiger partial charge in [0.25, 0.3) is 0 Å². The number of hydrogen-bond donors (Lipinski definition) is 1. The average molecular weight is 405 g/mol. The number of nitrogens with one attached hydrogen (secondary N) is 1. The van der Waals surface area contributed by atoms with E-state index in [0.29, 0.717) is 10.8 Å². The summed E-state index contributed by atoms with van der Waals surface area (Å²) in [5.41, 5.74) is 1.07. The highest BCUT2D eigenvalue weighted by Crippen LogP contribution is 2.15. The summed E-state index contributed by atoms with van der Waals surface area (Å²) >= 11 is 7.27. The number of carbonyl (C=O) groups is 2. The molecule has 1 atom stereocenters. The van der Waals surface area contributed by atoms with E-state index in [0.717, 1.165) is 5.56 Å². The summed E-state index contributed by atoms with van der Waals surface area (Å²) in [7, 11) is -3.03. The minimum atomic E-state index is -3.03. The van der Waals surface area contributed by atoms with Crippen LogP contribution in [0, 0.1) is 0 Å². The summed E-state index contributed by atoms with van der Waals surface area (Å²) in [6, 6.07) is 6.76. The smallest absolute Gasteiger partial charge is 0.244 e. The first-order chi connectivity index (χ1) is 11.8. The van der Waals surface area contributed by atoms with Gasteiger partial charge in [-0.1, -0.05) is 23.7 Å². The van der Waals surface area contributed by atoms with Crippen molar-refractivity contribution in [3.05, 3.63) is 34.9 Å². The maximum absolute atomic E-state index is 12.3. The highest BCUT2D eigenvalue weighted by molar-refractivity contribution is 7.99. The van der Waals surface area contributed by atoms with Crippen LogP contribution in [0.4, 0.5) is 0 Å². The van der Waals surface area contributed by atoms with Crippen molar-refractivity contribution in [1.82, 2.24) is 10.2 Å². The molecule has 1 saturated heterocycles. The van der Waals surface area contributed by atoms with Gasteiger partial charge >= 0.3 is 0 Å². The topological polar surface area (TPSA) is 83.6 Å². The number of sulfone groups is 1. The van der Waals surface area contributed by atoms with E-state index >= 15 is 0 Å². The van der Waals surface area contributed by atoms with Gasteiger partial charge in [0.15, 0.2) is 9.84 Å². The van der Waals surface area contributed by atoms with Crippen molar-refractivity contribution < 1.29 is 18.0 Å². The number of nitrogens with zero attached hydrogens (tertiary/aromatic N) is 1. The zero-order valence-electron chi connectivity index (χ0n) is 13.9. The predicted octanol–water partition coefficient (Wildman–Crippen LogP) is 1.33. The average Bonchev–Trinajstić information content (AvgIpc) is 2.56. The summed E-state index contributed by atoms with van der Waals surface area (Å²) in [6.07, 6.45) is 0. The van der Waals surface area contributed by atoms with E-state index in [4.69, 9.17) is 11.6 Å². The molecule has 2 amide bonds. The molecule has 25 heavy (non-hydrogen) atoms. The first-order valence-corrected chi connectivity index (χ1v) is 11.2. The van der Waals surface area contributed by atoms with Crippen LogP contribution < -0.4 is 5.32 Å². The predicted molar refractivity (Wildman–Crippen MR) is 100 cm³/mol. The maximum Gasteiger partial charge on any atom is 0.244 e. The minimum Gasteiger partial charge on any atom is -0.344 e. The third-order valence-electron chi connectivity index (χ3n) is 3.82. The third kappa shape index (κ3) is 6.52. The largest absolute Gasteiger partial charge is 0.344 e. The van der Waals surface area contributed by atoms with Gasteiger partial charge in [0.05, 0.1) is 17.3 Å². The zero-order valence-corrected chi connectivity index (χ0v) is 16.3. The van der Waals surface area contributed by atoms with E-state index in [-0.39, 0.29) is 42.2 Å². The quantitative estimate of drug-likeness (QED) is 0.773. The summed E-state index contributed by atoms with van der Waals surface area (Å²) in [4.78, 5) is 25.7. The highest BCUT2D eigenvalue weighted by atomic mass is 35.5. The SMILES string of the molecule is CC(NC(=O)CSCc1ccc(Cl)cc1)C(=O)N1CCS(=O)(=O)CC1. The second-order valence-corrected chi connectivity index (χ2v) is 9.61. The molecule has 0 aromatic heterocycles. The van der Waals surface area contributed by atoms with Crippen molar-refractivity contribution >= 4 is 45.0 Å². The molecule has 1 N–H and O–H groups in total. The van der Waals surface area contributed by atoms with Gasteiger partial charge in [-0.05, 0) is 24.6 Å². The standard InChI is InChI=1S/C16H21ClN2O4S2/c1-12(16(21)19-6-8-25(22,23)9-7-19)18-15(20)11-24-10-13-2-4-14(17)5-3-13/h2-5,12H,6-11H2,1H3,(H,18,20). The summed E-state index contributed by atoms with van der Waals surface area (Å²) in [6.45, 7) is 1.99. The van der Waals surface area contributed by atoms with E-state index in [1.54, 1.807) is 19.1 Å². The summed E-state index contributed by atoms with van der Waals surface area (Å²) < 4.78 is 22.8. The second kappa shape index (κ2) is 8.91. The molecule has 1 unspecified atom stereocenters. The van der Waals surface area contributed by atoms with Crippen LogP contribution in [-0.4, -0.2) is 61.5 Å². The molecule has 1 aliphatic rings. The lowest BCUT2D eigenvalue weighted by atomic mass is 10.2. The lowest BCUT2D eigenvalue weighted by molar-refractivity contribution is -0.135. The van der Waals surface area contributed by atoms with Gasteiger partial charge in [0.1, 0.15) is 6.04 Å². The van der Waals surface area contributed by atoms with Crippen LogP contribution in [0.25, 0.3) is 0 Å². The van der Waals surface area contributed by atoms with Gasteiger partial charge in [-0.3, -0.25) is 9.59 Å². The highest BCUT2D eigenvalue weighted by Gasteiger charge is 2.28. The fraction of sp³-hybridized carbons (Fsp3) is 0.500. The molecule has 0 radical (unpaired) electrons. The number of thioether (sulfide) groups is 1. The Labute approximate surface area is 157 Å². The molecular formula is C16H21ClN2O4S2. The Morgan fingerprint density at radius 1 is 1.24 bits per heavy atom. The van der Waals surface area contributed by atoms with Crippen molar-refractivity contribution in [3.63, 3.8) is 0 Å². The van der Waals surface area contributed by atoms with Gasteiger partial charge in [-0.2, -0.15) is 0 Å². The Morgan fingerprint density at radius 3 is 2.44 bits per heavy atom. The fourth-order valence-corrected chi connectivity index (χ4v) is 4.52. The number of rotatable bonds is 6. The molecule has 1 fully saturated rings. The van der Waals surface area contributed by atoms with Gasteiger partial charge in [0, 0.05) is 23.9 Å². The Balaban J connectivity index is 1.72. The summed E-state index contributed by atoms with van der Waals surface area (Å²) in [5.74, 6) is 0.425. The van der Waals surface area contributed by atoms with Crippen LogP contribution in [0.1, 0.15) is 12.5 Å². The van der Waals surface area contributed by atoms with Crippen LogP contribution >= 0.6 is 23.4 Å². The molecule has 0 aliphatic carbocycles. The molecule has 2 rings (SSSR count). The lowest BCUT2D eigenvalue weighted by Gasteiger charge is -2.29. The van der Waals surface area contributed by atoms with Crippen molar-refractivity contribution in [2.45, 2.75) is 18.7 Å². The van der Waals surface area contributed by atoms with Crippen LogP contribution in [0.5, 0.6) is 0 Å². The molecule has 1 aromatic carbocycles. The normalized spacial score (nSPS) is 17.8. The fourth-order valence-electron chi connectivity index (χ4n) is 2.39. The molecule has 0 bridgehead atoms. The van der Waals surface area contributed by atoms with E-state index in [1.165, 1.54) is 16.7 Å². The monoisotopic (exact) mass is 404 g/mol. The Kier molecular flexibility index (Phi) is 7.15. The van der Waals surface area contributed by atoms with Gasteiger partial charge in [0.2, 0.25) is 11.8 Å². The molecule has 1 aromatic rings. The van der Waals surface area contributed by atoms with Crippen LogP contribution in [-0.2, 0) is 25.2 Å². The Bertz CT molecular complexity index is 708. The molecule has 9 heteroatoms. The minimum absolute atomic E-state index is 0.0175. The molecule has 6 nitrogen and oxygen atoms in total. The third-order valence-corrected chi connectivity index (χ3v) is 6.68. The van der Waals surface area contributed by atoms with E-state index < -0.39 is 15.9 Å². The summed E-state index contributed by atoms with van der Waals surface area (Å²) in [5, 5.41) is 3.34. The van der Waals surface area contributed by atoms with Gasteiger partial charge in [-0.25, -0.2) is 8.42 Å². The number of hydrogen-bond acceptors (Lipinski definition) is 5. The first kappa shape index (κ1) is 20.1. The Morgan fingerprint density at radius 2 is 1.84 bits per heavy atom. The first-order valence-electron chi connectivity index (χ1n) is 7.87. The number of halogens is 1. The van der Waals surface area contributed by atoms with Crippen molar-refractivity contribution in [2.75, 3.05) is 30.3 Å². The van der Waals surface area contributed by atoms with Gasteiger partial charge < -0.3 is 10.2 Å². The molecular weight excluding hydrogens is 384 g/mol. The number of amides is 2. The molecule has 138 valence electrons. The molecule has 1 aliphatic heterocycles. The van der Waals surface area contributed by atoms with Crippen molar-refractivity contribution in [2.24, 2.45) is 0 Å². The Hall–Kier alpha value is -1.25. The van der Waals surface area contributed by atoms with E-state index in [9.17, 15) is 18.0 Å². The maximum atomic E-state index is 12.3. The lowest BCUT2D eigenvalue weighted by Crippen LogP contribution is -2.52. The second-order valence-electron chi connectivity index (χ2n) is 5.89. The van der Waals surface area contributed by atoms with E-state index in [2.05, 4.69) is 5.32 Å². The molecule has 0 saturated carbocycles. The number of carbonyl (C=O) groups excluding carboxylic acids is 2. The van der Waals surface area contributed by atoms with Crippen LogP contribution in [0.15, 0.2) is 24.3 Å².